The molecule has 1 N–H and O–H groups in total. The lowest BCUT2D eigenvalue weighted by molar-refractivity contribution is 0.0928. The molecule has 2 heterocycles. The SMILES string of the molecule is Cn1ccnc1SC1CCC(NC(=O)c2ccc3c(c2)CCCO3)CC1. The number of hydrogen-bond donors (Lipinski definition) is 1. The molecule has 1 aromatic heterocycles. The van der Waals surface area contributed by atoms with Crippen molar-refractivity contribution in [2.45, 2.75) is 55.0 Å². The van der Waals surface area contributed by atoms with Crippen molar-refractivity contribution in [2.24, 2.45) is 7.05 Å². The first-order chi connectivity index (χ1) is 12.7. The summed E-state index contributed by atoms with van der Waals surface area (Å²) in [7, 11) is 2.03. The molecule has 26 heavy (non-hydrogen) atoms. The van der Waals surface area contributed by atoms with Crippen LogP contribution in [0.1, 0.15) is 48.0 Å². The summed E-state index contributed by atoms with van der Waals surface area (Å²) in [6.45, 7) is 0.776. The zero-order chi connectivity index (χ0) is 17.9. The Hall–Kier alpha value is -1.95. The summed E-state index contributed by atoms with van der Waals surface area (Å²) < 4.78 is 7.70. The van der Waals surface area contributed by atoms with Gasteiger partial charge in [0, 0.05) is 36.3 Å². The van der Waals surface area contributed by atoms with Crippen molar-refractivity contribution in [3.63, 3.8) is 0 Å². The number of rotatable bonds is 4. The fourth-order valence-electron chi connectivity index (χ4n) is 3.71. The van der Waals surface area contributed by atoms with Gasteiger partial charge in [0.1, 0.15) is 5.75 Å². The maximum absolute atomic E-state index is 12.6. The van der Waals surface area contributed by atoms with Gasteiger partial charge in [0.2, 0.25) is 0 Å². The predicted octanol–water partition coefficient (Wildman–Crippen LogP) is 3.58. The Labute approximate surface area is 158 Å². The molecule has 0 unspecified atom stereocenters. The second-order valence-electron chi connectivity index (χ2n) is 7.16. The molecule has 5 nitrogen and oxygen atoms in total. The number of aryl methyl sites for hydroxylation is 2. The predicted molar refractivity (Wildman–Crippen MR) is 103 cm³/mol. The molecule has 4 rings (SSSR count). The Bertz CT molecular complexity index is 781. The molecular formula is C20H25N3O2S. The Balaban J connectivity index is 1.30. The Kier molecular flexibility index (Phi) is 5.20. The zero-order valence-corrected chi connectivity index (χ0v) is 15.9. The Morgan fingerprint density at radius 1 is 1.31 bits per heavy atom. The zero-order valence-electron chi connectivity index (χ0n) is 15.1. The van der Waals surface area contributed by atoms with Crippen molar-refractivity contribution in [3.05, 3.63) is 41.7 Å². The molecule has 1 aliphatic heterocycles. The van der Waals surface area contributed by atoms with Gasteiger partial charge in [-0.3, -0.25) is 4.79 Å². The first-order valence-electron chi connectivity index (χ1n) is 9.39. The van der Waals surface area contributed by atoms with Crippen LogP contribution in [0.3, 0.4) is 0 Å². The van der Waals surface area contributed by atoms with Gasteiger partial charge in [0.25, 0.3) is 5.91 Å². The number of benzene rings is 1. The van der Waals surface area contributed by atoms with Gasteiger partial charge < -0.3 is 14.6 Å². The number of carbonyl (C=O) groups is 1. The smallest absolute Gasteiger partial charge is 0.251 e. The fourth-order valence-corrected chi connectivity index (χ4v) is 4.86. The van der Waals surface area contributed by atoms with E-state index in [0.29, 0.717) is 5.25 Å². The molecule has 1 aromatic carbocycles. The third-order valence-corrected chi connectivity index (χ3v) is 6.64. The van der Waals surface area contributed by atoms with Gasteiger partial charge >= 0.3 is 0 Å². The van der Waals surface area contributed by atoms with Crippen molar-refractivity contribution in [3.8, 4) is 5.75 Å². The van der Waals surface area contributed by atoms with Crippen molar-refractivity contribution in [1.29, 1.82) is 0 Å². The van der Waals surface area contributed by atoms with Crippen molar-refractivity contribution in [2.75, 3.05) is 6.61 Å². The second-order valence-corrected chi connectivity index (χ2v) is 8.43. The summed E-state index contributed by atoms with van der Waals surface area (Å²) in [5.41, 5.74) is 1.90. The van der Waals surface area contributed by atoms with Gasteiger partial charge in [0.05, 0.1) is 6.61 Å². The summed E-state index contributed by atoms with van der Waals surface area (Å²) in [4.78, 5) is 17.0. The maximum atomic E-state index is 12.6. The van der Waals surface area contributed by atoms with E-state index in [2.05, 4.69) is 14.9 Å². The normalized spacial score (nSPS) is 22.3. The molecule has 2 aliphatic rings. The molecule has 1 fully saturated rings. The van der Waals surface area contributed by atoms with Gasteiger partial charge in [-0.2, -0.15) is 0 Å². The molecule has 6 heteroatoms. The molecule has 0 saturated heterocycles. The summed E-state index contributed by atoms with van der Waals surface area (Å²) in [5, 5.41) is 4.89. The van der Waals surface area contributed by atoms with Crippen LogP contribution < -0.4 is 10.1 Å². The van der Waals surface area contributed by atoms with E-state index in [4.69, 9.17) is 4.74 Å². The van der Waals surface area contributed by atoms with Crippen LogP contribution in [0.5, 0.6) is 5.75 Å². The Morgan fingerprint density at radius 3 is 2.92 bits per heavy atom. The van der Waals surface area contributed by atoms with Crippen LogP contribution >= 0.6 is 11.8 Å². The number of nitrogens with zero attached hydrogens (tertiary/aromatic N) is 2. The van der Waals surface area contributed by atoms with E-state index >= 15 is 0 Å². The minimum Gasteiger partial charge on any atom is -0.493 e. The fraction of sp³-hybridized carbons (Fsp3) is 0.500. The van der Waals surface area contributed by atoms with E-state index in [0.717, 1.165) is 67.2 Å². The number of ether oxygens (including phenoxy) is 1. The molecule has 0 radical (unpaired) electrons. The maximum Gasteiger partial charge on any atom is 0.251 e. The standard InChI is InChI=1S/C20H25N3O2S/c1-23-11-10-21-20(23)26-17-7-5-16(6-8-17)22-19(24)15-4-9-18-14(13-15)3-2-12-25-18/h4,9-11,13,16-17H,2-3,5-8,12H2,1H3,(H,22,24). The third-order valence-electron chi connectivity index (χ3n) is 5.23. The average molecular weight is 372 g/mol. The number of carbonyl (C=O) groups excluding carboxylic acids is 1. The monoisotopic (exact) mass is 371 g/mol. The number of imidazole rings is 1. The highest BCUT2D eigenvalue weighted by Crippen LogP contribution is 2.33. The molecule has 2 aromatic rings. The quantitative estimate of drug-likeness (QED) is 0.893. The first-order valence-corrected chi connectivity index (χ1v) is 10.3. The summed E-state index contributed by atoms with van der Waals surface area (Å²) >= 11 is 1.86. The van der Waals surface area contributed by atoms with Crippen LogP contribution in [0.2, 0.25) is 0 Å². The van der Waals surface area contributed by atoms with Crippen molar-refractivity contribution in [1.82, 2.24) is 14.9 Å². The largest absolute Gasteiger partial charge is 0.493 e. The molecule has 1 saturated carbocycles. The van der Waals surface area contributed by atoms with Crippen molar-refractivity contribution < 1.29 is 9.53 Å². The van der Waals surface area contributed by atoms with Crippen molar-refractivity contribution >= 4 is 17.7 Å². The summed E-state index contributed by atoms with van der Waals surface area (Å²) in [6, 6.07) is 6.08. The molecule has 0 bridgehead atoms. The van der Waals surface area contributed by atoms with E-state index in [1.165, 1.54) is 0 Å². The van der Waals surface area contributed by atoms with Crippen LogP contribution in [0.25, 0.3) is 0 Å². The van der Waals surface area contributed by atoms with Crippen LogP contribution in [-0.4, -0.2) is 33.4 Å². The third kappa shape index (κ3) is 3.90. The van der Waals surface area contributed by atoms with Gasteiger partial charge in [-0.1, -0.05) is 11.8 Å². The molecule has 0 spiro atoms. The summed E-state index contributed by atoms with van der Waals surface area (Å²) in [6.07, 6.45) is 10.1. The van der Waals surface area contributed by atoms with Crippen LogP contribution in [0.4, 0.5) is 0 Å². The Morgan fingerprint density at radius 2 is 2.15 bits per heavy atom. The van der Waals surface area contributed by atoms with Gasteiger partial charge in [-0.05, 0) is 62.3 Å². The second kappa shape index (κ2) is 7.74. The lowest BCUT2D eigenvalue weighted by Crippen LogP contribution is -2.38. The number of aromatic nitrogens is 2. The lowest BCUT2D eigenvalue weighted by Gasteiger charge is -2.28. The van der Waals surface area contributed by atoms with Crippen LogP contribution in [-0.2, 0) is 13.5 Å². The highest BCUT2D eigenvalue weighted by molar-refractivity contribution is 7.99. The number of thioether (sulfide) groups is 1. The topological polar surface area (TPSA) is 56.2 Å². The minimum absolute atomic E-state index is 0.0403. The molecule has 1 aliphatic carbocycles. The molecule has 138 valence electrons. The molecular weight excluding hydrogens is 346 g/mol. The molecule has 1 amide bonds. The van der Waals surface area contributed by atoms with Crippen LogP contribution in [0, 0.1) is 0 Å². The highest BCUT2D eigenvalue weighted by Gasteiger charge is 2.24. The number of fused-ring (bicyclic) bond motifs is 1. The first kappa shape index (κ1) is 17.5. The average Bonchev–Trinajstić information content (AvgIpc) is 3.07. The van der Waals surface area contributed by atoms with E-state index in [-0.39, 0.29) is 11.9 Å². The lowest BCUT2D eigenvalue weighted by atomic mass is 9.94. The van der Waals surface area contributed by atoms with E-state index in [1.54, 1.807) is 0 Å². The van der Waals surface area contributed by atoms with Gasteiger partial charge in [0.15, 0.2) is 5.16 Å². The number of hydrogen-bond acceptors (Lipinski definition) is 4. The van der Waals surface area contributed by atoms with E-state index in [9.17, 15) is 4.79 Å². The highest BCUT2D eigenvalue weighted by atomic mass is 32.2. The van der Waals surface area contributed by atoms with E-state index in [1.807, 2.05) is 49.4 Å². The summed E-state index contributed by atoms with van der Waals surface area (Å²) in [5.74, 6) is 0.971. The van der Waals surface area contributed by atoms with Crippen LogP contribution in [0.15, 0.2) is 35.7 Å². The minimum atomic E-state index is 0.0403. The number of nitrogens with one attached hydrogen (secondary N) is 1. The van der Waals surface area contributed by atoms with Gasteiger partial charge in [-0.15, -0.1) is 0 Å². The van der Waals surface area contributed by atoms with Gasteiger partial charge in [-0.25, -0.2) is 4.98 Å². The van der Waals surface area contributed by atoms with E-state index < -0.39 is 0 Å². The molecule has 0 atom stereocenters. The number of amides is 1.